The van der Waals surface area contributed by atoms with E-state index in [4.69, 9.17) is 14.6 Å². The van der Waals surface area contributed by atoms with Crippen LogP contribution in [-0.2, 0) is 6.54 Å². The van der Waals surface area contributed by atoms with Crippen LogP contribution in [0, 0.1) is 0 Å². The van der Waals surface area contributed by atoms with Crippen molar-refractivity contribution < 1.29 is 23.9 Å². The molecule has 26 heavy (non-hydrogen) atoms. The van der Waals surface area contributed by atoms with Crippen LogP contribution in [0.2, 0.25) is 0 Å². The second-order valence-electron chi connectivity index (χ2n) is 6.41. The van der Waals surface area contributed by atoms with Gasteiger partial charge in [-0.2, -0.15) is 0 Å². The lowest BCUT2D eigenvalue weighted by atomic mass is 10.3. The predicted octanol–water partition coefficient (Wildman–Crippen LogP) is 3.33. The van der Waals surface area contributed by atoms with Gasteiger partial charge in [-0.05, 0) is 13.8 Å². The Hall–Kier alpha value is -2.06. The Morgan fingerprint density at radius 2 is 2.04 bits per heavy atom. The summed E-state index contributed by atoms with van der Waals surface area (Å²) in [4.78, 5) is 15.1. The van der Waals surface area contributed by atoms with Crippen LogP contribution in [0.5, 0.6) is 11.5 Å². The van der Waals surface area contributed by atoms with Crippen LogP contribution in [0.3, 0.4) is 0 Å². The second kappa shape index (κ2) is 9.05. The monoisotopic (exact) mass is 382 g/mol. The summed E-state index contributed by atoms with van der Waals surface area (Å²) < 4.78 is 13.4. The Labute approximate surface area is 158 Å². The highest BCUT2D eigenvalue weighted by molar-refractivity contribution is 7.18. The van der Waals surface area contributed by atoms with Crippen molar-refractivity contribution >= 4 is 27.6 Å². The number of nitrogens with one attached hydrogen (secondary N) is 1. The van der Waals surface area contributed by atoms with E-state index in [2.05, 4.69) is 31.2 Å². The van der Waals surface area contributed by atoms with Crippen molar-refractivity contribution in [1.82, 2.24) is 10.3 Å². The van der Waals surface area contributed by atoms with Gasteiger partial charge < -0.3 is 24.4 Å². The molecule has 1 heterocycles. The summed E-state index contributed by atoms with van der Waals surface area (Å²) in [5, 5.41) is 11.8. The molecule has 0 aliphatic rings. The predicted molar refractivity (Wildman–Crippen MR) is 103 cm³/mol. The summed E-state index contributed by atoms with van der Waals surface area (Å²) in [5.41, 5.74) is 0.788. The van der Waals surface area contributed by atoms with E-state index in [0.717, 1.165) is 40.8 Å². The highest BCUT2D eigenvalue weighted by atomic mass is 32.1. The van der Waals surface area contributed by atoms with Crippen LogP contribution in [0.1, 0.15) is 25.3 Å². The molecule has 0 fully saturated rings. The van der Waals surface area contributed by atoms with Gasteiger partial charge in [0.25, 0.3) is 0 Å². The molecule has 1 aromatic carbocycles. The molecule has 0 spiro atoms. The van der Waals surface area contributed by atoms with Gasteiger partial charge >= 0.3 is 6.09 Å². The zero-order valence-electron chi connectivity index (χ0n) is 15.9. The van der Waals surface area contributed by atoms with Gasteiger partial charge in [0.1, 0.15) is 5.01 Å². The Balaban J connectivity index is 2.05. The van der Waals surface area contributed by atoms with Gasteiger partial charge in [-0.25, -0.2) is 9.78 Å². The number of benzene rings is 1. The van der Waals surface area contributed by atoms with Gasteiger partial charge in [-0.3, -0.25) is 0 Å². The van der Waals surface area contributed by atoms with Crippen LogP contribution >= 0.6 is 11.3 Å². The largest absolute Gasteiger partial charge is 0.493 e. The Kier molecular flexibility index (Phi) is 7.05. The maximum atomic E-state index is 10.6. The molecule has 0 aliphatic carbocycles. The lowest BCUT2D eigenvalue weighted by molar-refractivity contribution is -0.906. The average molecular weight is 383 g/mol. The SMILES string of the molecule is CC[N+](C)(CC)CCCOc1cc2nc(CNC(=O)O)sc2cc1OC. The fraction of sp³-hybridized carbons (Fsp3) is 0.556. The van der Waals surface area contributed by atoms with E-state index in [-0.39, 0.29) is 6.54 Å². The quantitative estimate of drug-likeness (QED) is 0.487. The molecule has 7 nitrogen and oxygen atoms in total. The molecule has 0 unspecified atom stereocenters. The third kappa shape index (κ3) is 5.22. The summed E-state index contributed by atoms with van der Waals surface area (Å²) in [7, 11) is 3.87. The highest BCUT2D eigenvalue weighted by Crippen LogP contribution is 2.35. The van der Waals surface area contributed by atoms with Crippen molar-refractivity contribution in [2.45, 2.75) is 26.8 Å². The van der Waals surface area contributed by atoms with Gasteiger partial charge in [-0.15, -0.1) is 11.3 Å². The van der Waals surface area contributed by atoms with E-state index >= 15 is 0 Å². The topological polar surface area (TPSA) is 80.7 Å². The van der Waals surface area contributed by atoms with E-state index in [9.17, 15) is 4.79 Å². The van der Waals surface area contributed by atoms with Crippen molar-refractivity contribution in [1.29, 1.82) is 0 Å². The summed E-state index contributed by atoms with van der Waals surface area (Å²) in [6.45, 7) is 8.51. The molecule has 0 saturated heterocycles. The van der Waals surface area contributed by atoms with Crippen LogP contribution in [0.4, 0.5) is 4.79 Å². The smallest absolute Gasteiger partial charge is 0.405 e. The molecular formula is C18H28N3O4S+. The molecule has 0 bridgehead atoms. The number of hydrogen-bond donors (Lipinski definition) is 2. The summed E-state index contributed by atoms with van der Waals surface area (Å²) in [5.74, 6) is 1.34. The number of ether oxygens (including phenoxy) is 2. The van der Waals surface area contributed by atoms with E-state index in [1.54, 1.807) is 7.11 Å². The normalized spacial score (nSPS) is 11.5. The number of rotatable bonds is 10. The standard InChI is InChI=1S/C18H27N3O4S/c1-5-21(3,6-2)8-7-9-25-15-10-13-16(11-14(15)24-4)26-17(20-13)12-19-18(22)23/h10-11,19H,5-9,12H2,1-4H3/p+1. The minimum absolute atomic E-state index is 0.192. The van der Waals surface area contributed by atoms with Gasteiger partial charge in [0.2, 0.25) is 0 Å². The van der Waals surface area contributed by atoms with Gasteiger partial charge in [0.15, 0.2) is 11.5 Å². The molecule has 0 aliphatic heterocycles. The maximum Gasteiger partial charge on any atom is 0.405 e. The Morgan fingerprint density at radius 3 is 2.65 bits per heavy atom. The average Bonchev–Trinajstić information content (AvgIpc) is 3.04. The van der Waals surface area contributed by atoms with Crippen LogP contribution in [-0.4, -0.2) is 61.1 Å². The number of nitrogens with zero attached hydrogens (tertiary/aromatic N) is 2. The fourth-order valence-corrected chi connectivity index (χ4v) is 3.57. The van der Waals surface area contributed by atoms with Crippen molar-refractivity contribution in [3.05, 3.63) is 17.1 Å². The third-order valence-electron chi connectivity index (χ3n) is 4.74. The number of methoxy groups -OCH3 is 1. The van der Waals surface area contributed by atoms with Crippen LogP contribution in [0.15, 0.2) is 12.1 Å². The second-order valence-corrected chi connectivity index (χ2v) is 7.53. The van der Waals surface area contributed by atoms with Gasteiger partial charge in [0, 0.05) is 18.6 Å². The van der Waals surface area contributed by atoms with Gasteiger partial charge in [-0.1, -0.05) is 0 Å². The first-order valence-corrected chi connectivity index (χ1v) is 9.63. The molecule has 2 aromatic rings. The number of fused-ring (bicyclic) bond motifs is 1. The number of amides is 1. The molecule has 144 valence electrons. The number of carboxylic acid groups (broad SMARTS) is 1. The van der Waals surface area contributed by atoms with Crippen LogP contribution in [0.25, 0.3) is 10.2 Å². The van der Waals surface area contributed by atoms with Crippen molar-refractivity contribution in [3.63, 3.8) is 0 Å². The molecule has 0 atom stereocenters. The number of carbonyl (C=O) groups is 1. The molecule has 1 aromatic heterocycles. The molecule has 0 radical (unpaired) electrons. The number of aromatic nitrogens is 1. The lowest BCUT2D eigenvalue weighted by Gasteiger charge is -2.32. The zero-order valence-corrected chi connectivity index (χ0v) is 16.7. The summed E-state index contributed by atoms with van der Waals surface area (Å²) in [6.07, 6.45) is -0.0973. The van der Waals surface area contributed by atoms with Crippen molar-refractivity contribution in [2.75, 3.05) is 40.4 Å². The first-order chi connectivity index (χ1) is 12.4. The molecular weight excluding hydrogens is 354 g/mol. The zero-order chi connectivity index (χ0) is 19.2. The molecule has 2 rings (SSSR count). The van der Waals surface area contributed by atoms with E-state index < -0.39 is 6.09 Å². The van der Waals surface area contributed by atoms with E-state index in [1.807, 2.05) is 12.1 Å². The van der Waals surface area contributed by atoms with Gasteiger partial charge in [0.05, 0.1) is 57.2 Å². The Morgan fingerprint density at radius 1 is 1.31 bits per heavy atom. The highest BCUT2D eigenvalue weighted by Gasteiger charge is 2.16. The van der Waals surface area contributed by atoms with Crippen molar-refractivity contribution in [3.8, 4) is 11.5 Å². The first-order valence-electron chi connectivity index (χ1n) is 8.81. The van der Waals surface area contributed by atoms with E-state index in [0.29, 0.717) is 23.1 Å². The fourth-order valence-electron chi connectivity index (χ4n) is 2.65. The van der Waals surface area contributed by atoms with E-state index in [1.165, 1.54) is 11.3 Å². The molecule has 1 amide bonds. The number of hydrogen-bond acceptors (Lipinski definition) is 5. The minimum atomic E-state index is -1.06. The van der Waals surface area contributed by atoms with Crippen LogP contribution < -0.4 is 14.8 Å². The first kappa shape index (κ1) is 20.3. The molecule has 8 heteroatoms. The molecule has 0 saturated carbocycles. The number of thiazole rings is 1. The minimum Gasteiger partial charge on any atom is -0.493 e. The summed E-state index contributed by atoms with van der Waals surface area (Å²) >= 11 is 1.44. The van der Waals surface area contributed by atoms with Crippen molar-refractivity contribution in [2.24, 2.45) is 0 Å². The molecule has 2 N–H and O–H groups in total. The maximum absolute atomic E-state index is 10.6. The number of quaternary nitrogens is 1. The lowest BCUT2D eigenvalue weighted by Crippen LogP contribution is -2.44. The Bertz CT molecular complexity index is 743. The third-order valence-corrected chi connectivity index (χ3v) is 5.75. The summed E-state index contributed by atoms with van der Waals surface area (Å²) in [6, 6.07) is 3.76.